The molecule has 3 N–H and O–H groups in total. The van der Waals surface area contributed by atoms with E-state index in [4.69, 9.17) is 14.2 Å². The predicted molar refractivity (Wildman–Crippen MR) is 130 cm³/mol. The van der Waals surface area contributed by atoms with Crippen molar-refractivity contribution in [3.8, 4) is 28.6 Å². The number of rotatable bonds is 10. The van der Waals surface area contributed by atoms with Crippen molar-refractivity contribution in [1.29, 1.82) is 0 Å². The number of H-pyrrole nitrogens is 1. The highest BCUT2D eigenvalue weighted by Gasteiger charge is 2.18. The summed E-state index contributed by atoms with van der Waals surface area (Å²) in [5.74, 6) is 1.16. The van der Waals surface area contributed by atoms with Gasteiger partial charge in [-0.1, -0.05) is 6.08 Å². The number of aliphatic hydroxyl groups is 1. The number of methoxy groups -OCH3 is 1. The molecule has 0 radical (unpaired) electrons. The lowest BCUT2D eigenvalue weighted by molar-refractivity contribution is 0.0920. The van der Waals surface area contributed by atoms with Crippen molar-refractivity contribution in [3.05, 3.63) is 54.5 Å². The fourth-order valence-electron chi connectivity index (χ4n) is 3.65. The molecule has 3 aromatic rings. The summed E-state index contributed by atoms with van der Waals surface area (Å²) in [6.07, 6.45) is 6.11. The average molecular weight is 501 g/mol. The molecule has 1 aliphatic rings. The van der Waals surface area contributed by atoms with Crippen LogP contribution < -0.4 is 14.8 Å². The number of nitrogens with one attached hydrogen (secondary N) is 2. The monoisotopic (exact) mass is 500 g/mol. The summed E-state index contributed by atoms with van der Waals surface area (Å²) in [4.78, 5) is 11.4. The first-order valence-corrected chi connectivity index (χ1v) is 12.9. The molecule has 0 saturated heterocycles. The Morgan fingerprint density at radius 3 is 2.57 bits per heavy atom. The largest absolute Gasteiger partial charge is 0.488 e. The van der Waals surface area contributed by atoms with Crippen molar-refractivity contribution in [2.24, 2.45) is 0 Å². The second-order valence-corrected chi connectivity index (χ2v) is 10.3. The van der Waals surface area contributed by atoms with Crippen LogP contribution in [0.15, 0.2) is 53.8 Å². The van der Waals surface area contributed by atoms with Crippen LogP contribution in [0.4, 0.5) is 0 Å². The van der Waals surface area contributed by atoms with Crippen LogP contribution in [0.2, 0.25) is 0 Å². The van der Waals surface area contributed by atoms with Gasteiger partial charge in [0.15, 0.2) is 14.9 Å². The molecule has 4 rings (SSSR count). The van der Waals surface area contributed by atoms with Crippen LogP contribution in [0.3, 0.4) is 0 Å². The molecule has 35 heavy (non-hydrogen) atoms. The molecule has 0 saturated carbocycles. The molecule has 1 aliphatic heterocycles. The van der Waals surface area contributed by atoms with Crippen LogP contribution in [0.1, 0.15) is 19.0 Å². The van der Waals surface area contributed by atoms with Gasteiger partial charge in [-0.15, -0.1) is 0 Å². The fourth-order valence-corrected chi connectivity index (χ4v) is 4.14. The second-order valence-electron chi connectivity index (χ2n) is 8.31. The molecule has 186 valence electrons. The quantitative estimate of drug-likeness (QED) is 0.384. The molecule has 0 unspecified atom stereocenters. The molecule has 1 aromatic carbocycles. The van der Waals surface area contributed by atoms with Gasteiger partial charge < -0.3 is 29.6 Å². The van der Waals surface area contributed by atoms with Crippen LogP contribution in [0.25, 0.3) is 17.0 Å². The lowest BCUT2D eigenvalue weighted by Gasteiger charge is -2.16. The van der Waals surface area contributed by atoms with Crippen molar-refractivity contribution in [1.82, 2.24) is 20.3 Å². The summed E-state index contributed by atoms with van der Waals surface area (Å²) >= 11 is 0. The summed E-state index contributed by atoms with van der Waals surface area (Å²) in [5, 5.41) is 12.5. The van der Waals surface area contributed by atoms with Crippen LogP contribution in [-0.2, 0) is 14.6 Å². The van der Waals surface area contributed by atoms with Gasteiger partial charge in [0.25, 0.3) is 0 Å². The molecule has 0 spiro atoms. The predicted octanol–water partition coefficient (Wildman–Crippen LogP) is 2.78. The number of nitrogens with zero attached hydrogens (tertiary/aromatic N) is 2. The standard InChI is InChI=1S/C24H28N4O6S/c1-15(14-32-2)33-18-8-16(20-6-7-22(28-20)21-5-4-17(13-29)27-21)9-19(10-18)34-23-11-26-24(12-25-23)35(3,30)31/h5-12,15,17,27-29H,4,13-14H2,1-3H3/t15-,17+/m0/s1. The van der Waals surface area contributed by atoms with E-state index in [-0.39, 0.29) is 29.7 Å². The molecular weight excluding hydrogens is 472 g/mol. The Labute approximate surface area is 203 Å². The second kappa shape index (κ2) is 10.5. The van der Waals surface area contributed by atoms with Gasteiger partial charge in [0, 0.05) is 30.7 Å². The summed E-state index contributed by atoms with van der Waals surface area (Å²) < 4.78 is 40.3. The molecule has 11 heteroatoms. The molecule has 2 aromatic heterocycles. The maximum atomic E-state index is 11.6. The number of hydrogen-bond acceptors (Lipinski definition) is 9. The van der Waals surface area contributed by atoms with Crippen molar-refractivity contribution < 1.29 is 27.7 Å². The zero-order valence-electron chi connectivity index (χ0n) is 19.7. The minimum Gasteiger partial charge on any atom is -0.488 e. The van der Waals surface area contributed by atoms with Crippen LogP contribution >= 0.6 is 0 Å². The van der Waals surface area contributed by atoms with E-state index in [1.165, 1.54) is 6.20 Å². The molecule has 2 atom stereocenters. The Kier molecular flexibility index (Phi) is 7.39. The minimum absolute atomic E-state index is 0.0194. The lowest BCUT2D eigenvalue weighted by atomic mass is 10.1. The van der Waals surface area contributed by atoms with Gasteiger partial charge in [-0.2, -0.15) is 0 Å². The third-order valence-electron chi connectivity index (χ3n) is 5.30. The summed E-state index contributed by atoms with van der Waals surface area (Å²) in [7, 11) is -1.85. The number of aromatic nitrogens is 3. The summed E-state index contributed by atoms with van der Waals surface area (Å²) in [6.45, 7) is 2.38. The van der Waals surface area contributed by atoms with E-state index in [0.29, 0.717) is 18.1 Å². The molecule has 0 bridgehead atoms. The van der Waals surface area contributed by atoms with Crippen molar-refractivity contribution in [2.45, 2.75) is 30.5 Å². The van der Waals surface area contributed by atoms with E-state index in [9.17, 15) is 13.5 Å². The topological polar surface area (TPSA) is 136 Å². The zero-order valence-corrected chi connectivity index (χ0v) is 20.5. The number of hydrogen-bond donors (Lipinski definition) is 3. The molecule has 10 nitrogen and oxygen atoms in total. The zero-order chi connectivity index (χ0) is 25.0. The lowest BCUT2D eigenvalue weighted by Crippen LogP contribution is -2.25. The first-order chi connectivity index (χ1) is 16.7. The molecule has 0 aliphatic carbocycles. The van der Waals surface area contributed by atoms with E-state index < -0.39 is 9.84 Å². The van der Waals surface area contributed by atoms with E-state index in [1.807, 2.05) is 31.2 Å². The third kappa shape index (κ3) is 6.18. The maximum Gasteiger partial charge on any atom is 0.237 e. The highest BCUT2D eigenvalue weighted by Crippen LogP contribution is 2.33. The minimum atomic E-state index is -3.46. The summed E-state index contributed by atoms with van der Waals surface area (Å²) in [6, 6.07) is 9.37. The Balaban J connectivity index is 1.62. The number of sulfone groups is 1. The highest BCUT2D eigenvalue weighted by atomic mass is 32.2. The Morgan fingerprint density at radius 2 is 1.91 bits per heavy atom. The molecule has 3 heterocycles. The first kappa shape index (κ1) is 24.7. The van der Waals surface area contributed by atoms with Crippen LogP contribution in [0.5, 0.6) is 17.4 Å². The Bertz CT molecular complexity index is 1300. The molecule has 0 amide bonds. The molecular formula is C24H28N4O6S. The van der Waals surface area contributed by atoms with Gasteiger partial charge in [-0.25, -0.2) is 18.4 Å². The van der Waals surface area contributed by atoms with Gasteiger partial charge in [-0.05, 0) is 37.6 Å². The normalized spacial score (nSPS) is 16.5. The van der Waals surface area contributed by atoms with Gasteiger partial charge in [0.05, 0.1) is 43.0 Å². The summed E-state index contributed by atoms with van der Waals surface area (Å²) in [5.41, 5.74) is 3.49. The van der Waals surface area contributed by atoms with Gasteiger partial charge in [0.1, 0.15) is 17.6 Å². The van der Waals surface area contributed by atoms with E-state index in [2.05, 4.69) is 26.3 Å². The fraction of sp³-hybridized carbons (Fsp3) is 0.333. The first-order valence-electron chi connectivity index (χ1n) is 11.0. The molecule has 0 fully saturated rings. The number of aliphatic hydroxyl groups excluding tert-OH is 1. The van der Waals surface area contributed by atoms with Crippen molar-refractivity contribution in [2.75, 3.05) is 26.6 Å². The van der Waals surface area contributed by atoms with Gasteiger partial charge in [-0.3, -0.25) is 0 Å². The van der Waals surface area contributed by atoms with Crippen LogP contribution in [-0.4, -0.2) is 67.2 Å². The maximum absolute atomic E-state index is 11.6. The number of aromatic amines is 1. The van der Waals surface area contributed by atoms with Crippen molar-refractivity contribution in [3.63, 3.8) is 0 Å². The third-order valence-corrected chi connectivity index (χ3v) is 6.27. The smallest absolute Gasteiger partial charge is 0.237 e. The van der Waals surface area contributed by atoms with Gasteiger partial charge in [0.2, 0.25) is 5.88 Å². The average Bonchev–Trinajstić information content (AvgIpc) is 3.48. The van der Waals surface area contributed by atoms with E-state index in [0.717, 1.165) is 41.5 Å². The van der Waals surface area contributed by atoms with Crippen molar-refractivity contribution >= 4 is 15.5 Å². The number of benzene rings is 1. The van der Waals surface area contributed by atoms with Crippen LogP contribution in [0, 0.1) is 0 Å². The SMILES string of the molecule is COC[C@H](C)Oc1cc(Oc2cnc(S(C)(=O)=O)cn2)cc(-c2ccc(C3=CC[C@H](CO)N3)[nH]2)c1. The number of ether oxygens (including phenoxy) is 3. The van der Waals surface area contributed by atoms with E-state index in [1.54, 1.807) is 13.2 Å². The highest BCUT2D eigenvalue weighted by molar-refractivity contribution is 7.90. The van der Waals surface area contributed by atoms with E-state index >= 15 is 0 Å². The van der Waals surface area contributed by atoms with Gasteiger partial charge >= 0.3 is 0 Å². The Morgan fingerprint density at radius 1 is 1.14 bits per heavy atom. The Hall–Kier alpha value is -3.41.